The van der Waals surface area contributed by atoms with Crippen LogP contribution >= 0.6 is 27.5 Å². The highest BCUT2D eigenvalue weighted by Crippen LogP contribution is 2.34. The van der Waals surface area contributed by atoms with E-state index in [1.807, 2.05) is 18.2 Å². The molecule has 0 bridgehead atoms. The van der Waals surface area contributed by atoms with Crippen molar-refractivity contribution in [1.29, 1.82) is 0 Å². The van der Waals surface area contributed by atoms with E-state index < -0.39 is 0 Å². The van der Waals surface area contributed by atoms with Gasteiger partial charge < -0.3 is 10.5 Å². The summed E-state index contributed by atoms with van der Waals surface area (Å²) in [6.07, 6.45) is 1.02. The summed E-state index contributed by atoms with van der Waals surface area (Å²) in [6, 6.07) is 5.83. The van der Waals surface area contributed by atoms with Crippen LogP contribution in [0.3, 0.4) is 0 Å². The highest BCUT2D eigenvalue weighted by atomic mass is 79.9. The van der Waals surface area contributed by atoms with Crippen molar-refractivity contribution in [3.63, 3.8) is 0 Å². The molecule has 15 heavy (non-hydrogen) atoms. The number of ether oxygens (including phenoxy) is 1. The Hall–Kier alpha value is -0.0900. The second-order valence-corrected chi connectivity index (χ2v) is 5.02. The smallest absolute Gasteiger partial charge is 0.0595 e. The number of hydrogen-bond acceptors (Lipinski definition) is 2. The molecule has 1 aliphatic rings. The summed E-state index contributed by atoms with van der Waals surface area (Å²) in [5.74, 6) is 0.386. The Labute approximate surface area is 103 Å². The van der Waals surface area contributed by atoms with Crippen LogP contribution in [-0.4, -0.2) is 13.2 Å². The van der Waals surface area contributed by atoms with Crippen LogP contribution in [0.1, 0.15) is 18.0 Å². The predicted octanol–water partition coefficient (Wildman–Crippen LogP) is 3.14. The van der Waals surface area contributed by atoms with Gasteiger partial charge in [0.1, 0.15) is 0 Å². The summed E-state index contributed by atoms with van der Waals surface area (Å²) in [4.78, 5) is 0. The number of hydrogen-bond donors (Lipinski definition) is 1. The molecule has 1 aliphatic heterocycles. The second kappa shape index (κ2) is 4.83. The molecule has 1 aromatic carbocycles. The van der Waals surface area contributed by atoms with Crippen molar-refractivity contribution >= 4 is 27.5 Å². The molecule has 4 heteroatoms. The Morgan fingerprint density at radius 1 is 1.53 bits per heavy atom. The predicted molar refractivity (Wildman–Crippen MR) is 65.0 cm³/mol. The third-order valence-electron chi connectivity index (χ3n) is 2.81. The Bertz CT molecular complexity index is 352. The van der Waals surface area contributed by atoms with Crippen LogP contribution in [0.2, 0.25) is 5.02 Å². The number of benzene rings is 1. The highest BCUT2D eigenvalue weighted by Gasteiger charge is 2.25. The van der Waals surface area contributed by atoms with Crippen molar-refractivity contribution < 1.29 is 4.74 Å². The zero-order valence-corrected chi connectivity index (χ0v) is 10.6. The lowest BCUT2D eigenvalue weighted by Gasteiger charge is -2.19. The molecule has 0 amide bonds. The minimum Gasteiger partial charge on any atom is -0.381 e. The molecule has 1 fully saturated rings. The molecule has 2 atom stereocenters. The van der Waals surface area contributed by atoms with Crippen LogP contribution in [0.4, 0.5) is 0 Å². The van der Waals surface area contributed by atoms with E-state index in [0.717, 1.165) is 34.7 Å². The Morgan fingerprint density at radius 2 is 2.33 bits per heavy atom. The lowest BCUT2D eigenvalue weighted by Crippen LogP contribution is -2.21. The van der Waals surface area contributed by atoms with E-state index in [-0.39, 0.29) is 6.04 Å². The van der Waals surface area contributed by atoms with Gasteiger partial charge in [-0.25, -0.2) is 0 Å². The zero-order valence-electron chi connectivity index (χ0n) is 8.25. The van der Waals surface area contributed by atoms with E-state index >= 15 is 0 Å². The molecule has 2 N–H and O–H groups in total. The summed E-state index contributed by atoms with van der Waals surface area (Å²) in [5, 5.41) is 0.719. The second-order valence-electron chi connectivity index (χ2n) is 3.79. The molecule has 0 aliphatic carbocycles. The van der Waals surface area contributed by atoms with Crippen molar-refractivity contribution in [3.8, 4) is 0 Å². The molecular weight excluding hydrogens is 277 g/mol. The van der Waals surface area contributed by atoms with Crippen LogP contribution in [0.25, 0.3) is 0 Å². The molecule has 82 valence electrons. The number of halogens is 2. The molecule has 1 saturated heterocycles. The van der Waals surface area contributed by atoms with E-state index in [2.05, 4.69) is 15.9 Å². The van der Waals surface area contributed by atoms with E-state index in [1.165, 1.54) is 0 Å². The van der Waals surface area contributed by atoms with Gasteiger partial charge in [-0.15, -0.1) is 0 Å². The Balaban J connectivity index is 2.24. The fourth-order valence-corrected chi connectivity index (χ4v) is 2.50. The molecule has 2 unspecified atom stereocenters. The molecule has 1 heterocycles. The van der Waals surface area contributed by atoms with Gasteiger partial charge in [-0.2, -0.15) is 0 Å². The van der Waals surface area contributed by atoms with Crippen molar-refractivity contribution in [3.05, 3.63) is 33.3 Å². The first-order valence-corrected chi connectivity index (χ1v) is 6.14. The first kappa shape index (κ1) is 11.4. The maximum Gasteiger partial charge on any atom is 0.0595 e. The monoisotopic (exact) mass is 289 g/mol. The molecule has 0 aromatic heterocycles. The summed E-state index contributed by atoms with van der Waals surface area (Å²) in [7, 11) is 0. The fraction of sp³-hybridized carbons (Fsp3) is 0.455. The lowest BCUT2D eigenvalue weighted by molar-refractivity contribution is 0.181. The van der Waals surface area contributed by atoms with Gasteiger partial charge in [0.05, 0.1) is 11.6 Å². The van der Waals surface area contributed by atoms with E-state index in [9.17, 15) is 0 Å². The summed E-state index contributed by atoms with van der Waals surface area (Å²) < 4.78 is 6.23. The van der Waals surface area contributed by atoms with Gasteiger partial charge in [0.15, 0.2) is 0 Å². The quantitative estimate of drug-likeness (QED) is 0.908. The van der Waals surface area contributed by atoms with Gasteiger partial charge in [0, 0.05) is 23.0 Å². The van der Waals surface area contributed by atoms with Gasteiger partial charge in [-0.1, -0.05) is 23.7 Å². The topological polar surface area (TPSA) is 35.2 Å². The van der Waals surface area contributed by atoms with Crippen molar-refractivity contribution in [2.75, 3.05) is 13.2 Å². The molecule has 1 aromatic rings. The summed E-state index contributed by atoms with van der Waals surface area (Å²) in [6.45, 7) is 1.55. The molecule has 0 radical (unpaired) electrons. The highest BCUT2D eigenvalue weighted by molar-refractivity contribution is 9.10. The van der Waals surface area contributed by atoms with Gasteiger partial charge in [0.25, 0.3) is 0 Å². The Morgan fingerprint density at radius 3 is 3.00 bits per heavy atom. The van der Waals surface area contributed by atoms with Gasteiger partial charge in [-0.05, 0) is 34.0 Å². The zero-order chi connectivity index (χ0) is 10.8. The lowest BCUT2D eigenvalue weighted by atomic mass is 9.93. The molecule has 0 saturated carbocycles. The van der Waals surface area contributed by atoms with Crippen LogP contribution < -0.4 is 5.73 Å². The average Bonchev–Trinajstić information content (AvgIpc) is 2.74. The van der Waals surface area contributed by atoms with Crippen molar-refractivity contribution in [2.24, 2.45) is 11.7 Å². The SMILES string of the molecule is NC(c1cccc(Br)c1Cl)C1CCOC1. The Kier molecular flexibility index (Phi) is 3.67. The maximum absolute atomic E-state index is 6.20. The minimum atomic E-state index is -0.0301. The first-order valence-electron chi connectivity index (χ1n) is 4.97. The average molecular weight is 291 g/mol. The summed E-state index contributed by atoms with van der Waals surface area (Å²) in [5.41, 5.74) is 7.19. The number of nitrogens with two attached hydrogens (primary N) is 1. The van der Waals surface area contributed by atoms with Gasteiger partial charge >= 0.3 is 0 Å². The van der Waals surface area contributed by atoms with Crippen LogP contribution in [-0.2, 0) is 4.74 Å². The minimum absolute atomic E-state index is 0.0301. The van der Waals surface area contributed by atoms with Crippen LogP contribution in [0.5, 0.6) is 0 Å². The maximum atomic E-state index is 6.20. The van der Waals surface area contributed by atoms with E-state index in [0.29, 0.717) is 5.92 Å². The van der Waals surface area contributed by atoms with Crippen LogP contribution in [0.15, 0.2) is 22.7 Å². The summed E-state index contributed by atoms with van der Waals surface area (Å²) >= 11 is 9.60. The standard InChI is InChI=1S/C11H13BrClNO/c12-9-3-1-2-8(10(9)13)11(14)7-4-5-15-6-7/h1-3,7,11H,4-6,14H2. The van der Waals surface area contributed by atoms with Gasteiger partial charge in [0.2, 0.25) is 0 Å². The van der Waals surface area contributed by atoms with Gasteiger partial charge in [-0.3, -0.25) is 0 Å². The third kappa shape index (κ3) is 2.36. The van der Waals surface area contributed by atoms with Crippen LogP contribution in [0, 0.1) is 5.92 Å². The normalized spacial score (nSPS) is 23.0. The van der Waals surface area contributed by atoms with E-state index in [4.69, 9.17) is 22.1 Å². The third-order valence-corrected chi connectivity index (χ3v) is 4.12. The number of rotatable bonds is 2. The van der Waals surface area contributed by atoms with E-state index in [1.54, 1.807) is 0 Å². The molecular formula is C11H13BrClNO. The first-order chi connectivity index (χ1) is 7.20. The van der Waals surface area contributed by atoms with Crippen molar-refractivity contribution in [1.82, 2.24) is 0 Å². The largest absolute Gasteiger partial charge is 0.381 e. The molecule has 2 nitrogen and oxygen atoms in total. The fourth-order valence-electron chi connectivity index (χ4n) is 1.87. The molecule has 2 rings (SSSR count). The van der Waals surface area contributed by atoms with Crippen molar-refractivity contribution in [2.45, 2.75) is 12.5 Å². The molecule has 0 spiro atoms.